The molecule has 2 saturated heterocycles. The van der Waals surface area contributed by atoms with Gasteiger partial charge in [0.1, 0.15) is 11.5 Å². The molecule has 0 atom stereocenters. The van der Waals surface area contributed by atoms with E-state index < -0.39 is 0 Å². The smallest absolute Gasteiger partial charge is 0.276 e. The van der Waals surface area contributed by atoms with Gasteiger partial charge in [-0.25, -0.2) is 4.98 Å². The number of nitrogens with zero attached hydrogens (tertiary/aromatic N) is 3. The van der Waals surface area contributed by atoms with Crippen molar-refractivity contribution < 1.29 is 18.7 Å². The number of likely N-dealkylation sites (tertiary alicyclic amines) is 2. The third-order valence-electron chi connectivity index (χ3n) is 5.88. The second kappa shape index (κ2) is 8.27. The standard InChI is InChI=1S/C22H27N3O4/c1-15-19(22(27)24-11-3-4-12-24)23-20(29-15)16-9-13-25(14-10-16)21(26)17-5-7-18(28-2)8-6-17/h5-8,16H,3-4,9-14H2,1-2H3. The van der Waals surface area contributed by atoms with Crippen molar-refractivity contribution in [3.8, 4) is 5.75 Å². The summed E-state index contributed by atoms with van der Waals surface area (Å²) in [5, 5.41) is 0. The molecule has 2 aliphatic rings. The van der Waals surface area contributed by atoms with Gasteiger partial charge in [0, 0.05) is 37.7 Å². The average molecular weight is 397 g/mol. The van der Waals surface area contributed by atoms with Crippen LogP contribution < -0.4 is 4.74 Å². The molecule has 3 heterocycles. The first kappa shape index (κ1) is 19.5. The number of benzene rings is 1. The molecule has 2 fully saturated rings. The molecule has 0 unspecified atom stereocenters. The first-order valence-electron chi connectivity index (χ1n) is 10.3. The van der Waals surface area contributed by atoms with E-state index in [4.69, 9.17) is 9.15 Å². The molecule has 29 heavy (non-hydrogen) atoms. The Morgan fingerprint density at radius 2 is 1.62 bits per heavy atom. The van der Waals surface area contributed by atoms with Gasteiger partial charge in [0.25, 0.3) is 11.8 Å². The maximum absolute atomic E-state index is 12.7. The van der Waals surface area contributed by atoms with Crippen molar-refractivity contribution in [3.63, 3.8) is 0 Å². The van der Waals surface area contributed by atoms with Gasteiger partial charge >= 0.3 is 0 Å². The van der Waals surface area contributed by atoms with Crippen LogP contribution in [0.25, 0.3) is 0 Å². The Morgan fingerprint density at radius 1 is 1.00 bits per heavy atom. The molecule has 0 aliphatic carbocycles. The summed E-state index contributed by atoms with van der Waals surface area (Å²) in [5.41, 5.74) is 1.10. The summed E-state index contributed by atoms with van der Waals surface area (Å²) >= 11 is 0. The van der Waals surface area contributed by atoms with Crippen LogP contribution in [0.4, 0.5) is 0 Å². The van der Waals surface area contributed by atoms with E-state index in [9.17, 15) is 9.59 Å². The fourth-order valence-electron chi connectivity index (χ4n) is 4.11. The number of carbonyl (C=O) groups excluding carboxylic acids is 2. The van der Waals surface area contributed by atoms with Gasteiger partial charge in [-0.1, -0.05) is 0 Å². The van der Waals surface area contributed by atoms with Crippen LogP contribution in [0.3, 0.4) is 0 Å². The second-order valence-corrected chi connectivity index (χ2v) is 7.75. The monoisotopic (exact) mass is 397 g/mol. The van der Waals surface area contributed by atoms with Crippen LogP contribution in [0.15, 0.2) is 28.7 Å². The number of hydrogen-bond acceptors (Lipinski definition) is 5. The molecule has 0 radical (unpaired) electrons. The summed E-state index contributed by atoms with van der Waals surface area (Å²) in [6.45, 7) is 4.69. The highest BCUT2D eigenvalue weighted by atomic mass is 16.5. The first-order chi connectivity index (χ1) is 14.1. The van der Waals surface area contributed by atoms with Crippen molar-refractivity contribution in [2.45, 2.75) is 38.5 Å². The van der Waals surface area contributed by atoms with Crippen LogP contribution in [0.5, 0.6) is 5.75 Å². The van der Waals surface area contributed by atoms with Gasteiger partial charge in [-0.05, 0) is 56.9 Å². The molecule has 0 saturated carbocycles. The Labute approximate surface area is 170 Å². The zero-order valence-corrected chi connectivity index (χ0v) is 17.0. The Bertz CT molecular complexity index is 876. The summed E-state index contributed by atoms with van der Waals surface area (Å²) in [6.07, 6.45) is 3.66. The van der Waals surface area contributed by atoms with Crippen LogP contribution in [0.2, 0.25) is 0 Å². The minimum absolute atomic E-state index is 0.0258. The van der Waals surface area contributed by atoms with Gasteiger partial charge in [0.2, 0.25) is 0 Å². The lowest BCUT2D eigenvalue weighted by Crippen LogP contribution is -2.38. The fraction of sp³-hybridized carbons (Fsp3) is 0.500. The Morgan fingerprint density at radius 3 is 2.24 bits per heavy atom. The van der Waals surface area contributed by atoms with Gasteiger partial charge in [-0.2, -0.15) is 0 Å². The Balaban J connectivity index is 1.38. The molecule has 0 N–H and O–H groups in total. The number of amides is 2. The number of carbonyl (C=O) groups is 2. The van der Waals surface area contributed by atoms with E-state index in [1.807, 2.05) is 16.7 Å². The number of piperidine rings is 1. The van der Waals surface area contributed by atoms with E-state index in [0.29, 0.717) is 36.0 Å². The fourth-order valence-corrected chi connectivity index (χ4v) is 4.11. The minimum Gasteiger partial charge on any atom is -0.497 e. The third-order valence-corrected chi connectivity index (χ3v) is 5.88. The molecule has 2 amide bonds. The molecule has 2 aromatic rings. The molecule has 7 heteroatoms. The van der Waals surface area contributed by atoms with Crippen molar-refractivity contribution in [2.24, 2.45) is 0 Å². The predicted molar refractivity (Wildman–Crippen MR) is 107 cm³/mol. The van der Waals surface area contributed by atoms with E-state index in [1.54, 1.807) is 31.4 Å². The molecule has 0 spiro atoms. The maximum atomic E-state index is 12.7. The van der Waals surface area contributed by atoms with Gasteiger partial charge in [-0.15, -0.1) is 0 Å². The average Bonchev–Trinajstić information content (AvgIpc) is 3.43. The van der Waals surface area contributed by atoms with Crippen molar-refractivity contribution in [2.75, 3.05) is 33.3 Å². The van der Waals surface area contributed by atoms with Crippen molar-refractivity contribution in [3.05, 3.63) is 47.2 Å². The number of oxazole rings is 1. The molecule has 0 bridgehead atoms. The van der Waals surface area contributed by atoms with Crippen LogP contribution in [0, 0.1) is 6.92 Å². The summed E-state index contributed by atoms with van der Waals surface area (Å²) < 4.78 is 11.0. The molecule has 2 aliphatic heterocycles. The second-order valence-electron chi connectivity index (χ2n) is 7.75. The SMILES string of the molecule is COc1ccc(C(=O)N2CCC(c3nc(C(=O)N4CCCC4)c(C)o3)CC2)cc1. The molecule has 4 rings (SSSR count). The lowest BCUT2D eigenvalue weighted by atomic mass is 9.96. The number of hydrogen-bond donors (Lipinski definition) is 0. The van der Waals surface area contributed by atoms with Crippen molar-refractivity contribution in [1.29, 1.82) is 0 Å². The normalized spacial score (nSPS) is 17.6. The molecule has 1 aromatic carbocycles. The quantitative estimate of drug-likeness (QED) is 0.792. The largest absolute Gasteiger partial charge is 0.497 e. The van der Waals surface area contributed by atoms with Gasteiger partial charge in [0.15, 0.2) is 11.6 Å². The van der Waals surface area contributed by atoms with Crippen molar-refractivity contribution >= 4 is 11.8 Å². The summed E-state index contributed by atoms with van der Waals surface area (Å²) in [4.78, 5) is 33.6. The van der Waals surface area contributed by atoms with E-state index in [-0.39, 0.29) is 17.7 Å². The summed E-state index contributed by atoms with van der Waals surface area (Å²) in [5.74, 6) is 2.09. The maximum Gasteiger partial charge on any atom is 0.276 e. The molecular formula is C22H27N3O4. The minimum atomic E-state index is -0.0258. The third kappa shape index (κ3) is 3.99. The molecule has 154 valence electrons. The topological polar surface area (TPSA) is 75.9 Å². The molecular weight excluding hydrogens is 370 g/mol. The van der Waals surface area contributed by atoms with E-state index in [1.165, 1.54) is 0 Å². The Kier molecular flexibility index (Phi) is 5.56. The number of rotatable bonds is 4. The highest BCUT2D eigenvalue weighted by Crippen LogP contribution is 2.30. The van der Waals surface area contributed by atoms with Crippen LogP contribution in [-0.2, 0) is 0 Å². The van der Waals surface area contributed by atoms with Gasteiger partial charge in [-0.3, -0.25) is 9.59 Å². The number of ether oxygens (including phenoxy) is 1. The zero-order valence-electron chi connectivity index (χ0n) is 17.0. The lowest BCUT2D eigenvalue weighted by molar-refractivity contribution is 0.0705. The van der Waals surface area contributed by atoms with E-state index in [2.05, 4.69) is 4.98 Å². The highest BCUT2D eigenvalue weighted by molar-refractivity contribution is 5.94. The van der Waals surface area contributed by atoms with E-state index in [0.717, 1.165) is 44.5 Å². The molecule has 7 nitrogen and oxygen atoms in total. The summed E-state index contributed by atoms with van der Waals surface area (Å²) in [7, 11) is 1.61. The van der Waals surface area contributed by atoms with Crippen LogP contribution >= 0.6 is 0 Å². The predicted octanol–water partition coefficient (Wildman–Crippen LogP) is 3.25. The van der Waals surface area contributed by atoms with Crippen molar-refractivity contribution in [1.82, 2.24) is 14.8 Å². The first-order valence-corrected chi connectivity index (χ1v) is 10.3. The lowest BCUT2D eigenvalue weighted by Gasteiger charge is -2.30. The van der Waals surface area contributed by atoms with Crippen LogP contribution in [-0.4, -0.2) is 59.9 Å². The number of aryl methyl sites for hydroxylation is 1. The van der Waals surface area contributed by atoms with Gasteiger partial charge in [0.05, 0.1) is 7.11 Å². The van der Waals surface area contributed by atoms with E-state index >= 15 is 0 Å². The summed E-state index contributed by atoms with van der Waals surface area (Å²) in [6, 6.07) is 7.19. The van der Waals surface area contributed by atoms with Gasteiger partial charge < -0.3 is 19.0 Å². The number of aromatic nitrogens is 1. The molecule has 1 aromatic heterocycles. The van der Waals surface area contributed by atoms with Crippen LogP contribution in [0.1, 0.15) is 64.1 Å². The number of methoxy groups -OCH3 is 1. The Hall–Kier alpha value is -2.83. The zero-order chi connectivity index (χ0) is 20.4. The highest BCUT2D eigenvalue weighted by Gasteiger charge is 2.30.